The molecule has 2 heterocycles. The maximum absolute atomic E-state index is 10.9. The molecule has 0 aliphatic rings. The molecule has 0 radical (unpaired) electrons. The second kappa shape index (κ2) is 5.97. The fourth-order valence-corrected chi connectivity index (χ4v) is 2.39. The maximum Gasteiger partial charge on any atom is 0.337 e. The molecule has 0 saturated heterocycles. The lowest BCUT2D eigenvalue weighted by molar-refractivity contribution is -0.388. The van der Waals surface area contributed by atoms with E-state index in [4.69, 9.17) is 5.11 Å². The largest absolute Gasteiger partial charge is 0.478 e. The zero-order valence-corrected chi connectivity index (χ0v) is 12.1. The van der Waals surface area contributed by atoms with Gasteiger partial charge >= 0.3 is 11.7 Å². The van der Waals surface area contributed by atoms with Gasteiger partial charge in [0.25, 0.3) is 0 Å². The molecule has 1 N–H and O–H groups in total. The van der Waals surface area contributed by atoms with Gasteiger partial charge in [-0.05, 0) is 39.8 Å². The lowest BCUT2D eigenvalue weighted by Gasteiger charge is -2.02. The van der Waals surface area contributed by atoms with Crippen molar-refractivity contribution in [1.29, 1.82) is 0 Å². The van der Waals surface area contributed by atoms with E-state index in [0.717, 1.165) is 11.8 Å². The number of halogens is 1. The van der Waals surface area contributed by atoms with E-state index in [2.05, 4.69) is 25.9 Å². The molecule has 0 aromatic carbocycles. The number of aromatic nitrogens is 2. The molecule has 20 heavy (non-hydrogen) atoms. The minimum atomic E-state index is -1.08. The van der Waals surface area contributed by atoms with Gasteiger partial charge in [-0.15, -0.1) is 0 Å². The van der Waals surface area contributed by atoms with Crippen molar-refractivity contribution in [1.82, 2.24) is 9.97 Å². The molecule has 2 aromatic heterocycles. The Labute approximate surface area is 125 Å². The lowest BCUT2D eigenvalue weighted by atomic mass is 10.3. The Morgan fingerprint density at radius 1 is 1.35 bits per heavy atom. The molecule has 0 bridgehead atoms. The normalized spacial score (nSPS) is 10.2. The third-order valence-electron chi connectivity index (χ3n) is 2.18. The fourth-order valence-electron chi connectivity index (χ4n) is 1.29. The van der Waals surface area contributed by atoms with Gasteiger partial charge in [-0.3, -0.25) is 10.1 Å². The first-order valence-electron chi connectivity index (χ1n) is 5.14. The molecule has 2 rings (SSSR count). The van der Waals surface area contributed by atoms with Crippen molar-refractivity contribution in [3.63, 3.8) is 0 Å². The van der Waals surface area contributed by atoms with Crippen LogP contribution in [0.15, 0.2) is 45.1 Å². The zero-order chi connectivity index (χ0) is 14.7. The zero-order valence-electron chi connectivity index (χ0n) is 9.69. The highest BCUT2D eigenvalue weighted by Crippen LogP contribution is 2.33. The van der Waals surface area contributed by atoms with Crippen molar-refractivity contribution >= 4 is 39.3 Å². The summed E-state index contributed by atoms with van der Waals surface area (Å²) in [6.07, 6.45) is 2.64. The molecule has 0 aliphatic heterocycles. The third-order valence-corrected chi connectivity index (χ3v) is 3.57. The molecule has 9 heteroatoms. The summed E-state index contributed by atoms with van der Waals surface area (Å²) < 4.78 is 0.503. The van der Waals surface area contributed by atoms with Gasteiger partial charge in [0, 0.05) is 22.9 Å². The van der Waals surface area contributed by atoms with Crippen LogP contribution in [0.3, 0.4) is 0 Å². The number of nitrogens with zero attached hydrogens (tertiary/aromatic N) is 3. The van der Waals surface area contributed by atoms with Gasteiger partial charge in [0.2, 0.25) is 0 Å². The third kappa shape index (κ3) is 3.31. The highest BCUT2D eigenvalue weighted by Gasteiger charge is 2.17. The van der Waals surface area contributed by atoms with Gasteiger partial charge in [0.05, 0.1) is 10.5 Å². The monoisotopic (exact) mass is 355 g/mol. The van der Waals surface area contributed by atoms with Gasteiger partial charge in [-0.1, -0.05) is 0 Å². The Hall–Kier alpha value is -2.00. The molecular formula is C11H6BrN3O4S. The fraction of sp³-hybridized carbons (Fsp3) is 0. The first kappa shape index (κ1) is 14.4. The van der Waals surface area contributed by atoms with Gasteiger partial charge in [-0.25, -0.2) is 14.8 Å². The van der Waals surface area contributed by atoms with Gasteiger partial charge < -0.3 is 5.11 Å². The number of carbonyl (C=O) groups is 1. The van der Waals surface area contributed by atoms with Crippen LogP contribution in [0.2, 0.25) is 0 Å². The Morgan fingerprint density at radius 2 is 2.10 bits per heavy atom. The summed E-state index contributed by atoms with van der Waals surface area (Å²) in [5, 5.41) is 20.3. The molecule has 7 nitrogen and oxygen atoms in total. The van der Waals surface area contributed by atoms with E-state index < -0.39 is 10.9 Å². The summed E-state index contributed by atoms with van der Waals surface area (Å²) in [5.41, 5.74) is -0.0962. The Bertz CT molecular complexity index is 678. The van der Waals surface area contributed by atoms with Crippen LogP contribution in [-0.2, 0) is 0 Å². The molecular weight excluding hydrogens is 350 g/mol. The van der Waals surface area contributed by atoms with Crippen LogP contribution in [-0.4, -0.2) is 26.0 Å². The number of carboxylic acid groups (broad SMARTS) is 1. The summed E-state index contributed by atoms with van der Waals surface area (Å²) in [5.74, 6) is -1.08. The van der Waals surface area contributed by atoms with Crippen LogP contribution in [0.4, 0.5) is 5.69 Å². The number of pyridine rings is 2. The van der Waals surface area contributed by atoms with Crippen LogP contribution in [0.1, 0.15) is 10.4 Å². The van der Waals surface area contributed by atoms with E-state index in [9.17, 15) is 14.9 Å². The summed E-state index contributed by atoms with van der Waals surface area (Å²) in [6.45, 7) is 0. The van der Waals surface area contributed by atoms with Crippen LogP contribution in [0.25, 0.3) is 0 Å². The quantitative estimate of drug-likeness (QED) is 0.663. The first-order valence-corrected chi connectivity index (χ1v) is 6.75. The average molecular weight is 356 g/mol. The lowest BCUT2D eigenvalue weighted by Crippen LogP contribution is -1.97. The maximum atomic E-state index is 10.9. The first-order chi connectivity index (χ1) is 9.47. The van der Waals surface area contributed by atoms with Crippen LogP contribution < -0.4 is 0 Å². The second-order valence-electron chi connectivity index (χ2n) is 3.53. The Balaban J connectivity index is 2.30. The molecule has 0 aliphatic carbocycles. The standard InChI is InChI=1S/C11H6BrN3O4S/c12-7-3-8(15(18)19)10(14-5-7)20-9-2-1-6(4-13-9)11(16)17/h1-5H,(H,16,17). The van der Waals surface area contributed by atoms with E-state index >= 15 is 0 Å². The van der Waals surface area contributed by atoms with Gasteiger partial charge in [0.15, 0.2) is 5.03 Å². The molecule has 0 saturated carbocycles. The number of nitro groups is 1. The van der Waals surface area contributed by atoms with Crippen molar-refractivity contribution in [2.24, 2.45) is 0 Å². The molecule has 0 atom stereocenters. The van der Waals surface area contributed by atoms with E-state index in [-0.39, 0.29) is 16.3 Å². The Kier molecular flexibility index (Phi) is 4.30. The Morgan fingerprint density at radius 3 is 2.65 bits per heavy atom. The van der Waals surface area contributed by atoms with Crippen molar-refractivity contribution in [2.45, 2.75) is 10.1 Å². The molecule has 2 aromatic rings. The second-order valence-corrected chi connectivity index (χ2v) is 5.45. The minimum Gasteiger partial charge on any atom is -0.478 e. The topological polar surface area (TPSA) is 106 Å². The van der Waals surface area contributed by atoms with Crippen molar-refractivity contribution in [2.75, 3.05) is 0 Å². The molecule has 0 spiro atoms. The summed E-state index contributed by atoms with van der Waals surface area (Å²) >= 11 is 4.11. The average Bonchev–Trinajstić information content (AvgIpc) is 2.41. The summed E-state index contributed by atoms with van der Waals surface area (Å²) in [4.78, 5) is 29.0. The van der Waals surface area contributed by atoms with Gasteiger partial charge in [0.1, 0.15) is 5.03 Å². The predicted octanol–water partition coefficient (Wildman–Crippen LogP) is 3.00. The van der Waals surface area contributed by atoms with Gasteiger partial charge in [-0.2, -0.15) is 0 Å². The predicted molar refractivity (Wildman–Crippen MR) is 73.9 cm³/mol. The summed E-state index contributed by atoms with van der Waals surface area (Å²) in [6, 6.07) is 4.20. The molecule has 0 unspecified atom stereocenters. The number of hydrogen-bond acceptors (Lipinski definition) is 6. The number of aromatic carboxylic acids is 1. The van der Waals surface area contributed by atoms with Crippen LogP contribution in [0, 0.1) is 10.1 Å². The van der Waals surface area contributed by atoms with Crippen molar-refractivity contribution in [3.8, 4) is 0 Å². The van der Waals surface area contributed by atoms with Crippen molar-refractivity contribution in [3.05, 3.63) is 50.7 Å². The van der Waals surface area contributed by atoms with E-state index in [1.54, 1.807) is 0 Å². The minimum absolute atomic E-state index is 0.0487. The number of hydrogen-bond donors (Lipinski definition) is 1. The molecule has 102 valence electrons. The highest BCUT2D eigenvalue weighted by atomic mass is 79.9. The van der Waals surface area contributed by atoms with Crippen molar-refractivity contribution < 1.29 is 14.8 Å². The molecule has 0 amide bonds. The number of carboxylic acids is 1. The highest BCUT2D eigenvalue weighted by molar-refractivity contribution is 9.10. The van der Waals surface area contributed by atoms with E-state index in [0.29, 0.717) is 9.50 Å². The SMILES string of the molecule is O=C(O)c1ccc(Sc2ncc(Br)cc2[N+](=O)[O-])nc1. The number of rotatable bonds is 4. The summed E-state index contributed by atoms with van der Waals surface area (Å²) in [7, 11) is 0. The van der Waals surface area contributed by atoms with E-state index in [1.165, 1.54) is 30.6 Å². The molecule has 0 fully saturated rings. The van der Waals surface area contributed by atoms with Crippen LogP contribution >= 0.6 is 27.7 Å². The smallest absolute Gasteiger partial charge is 0.337 e. The van der Waals surface area contributed by atoms with Crippen LogP contribution in [0.5, 0.6) is 0 Å². The van der Waals surface area contributed by atoms with E-state index in [1.807, 2.05) is 0 Å².